The average Bonchev–Trinajstić information content (AvgIpc) is 3.13. The van der Waals surface area contributed by atoms with Gasteiger partial charge in [-0.3, -0.25) is 9.69 Å². The first-order chi connectivity index (χ1) is 17.0. The zero-order valence-corrected chi connectivity index (χ0v) is 20.3. The SMILES string of the molecule is CC(C)N(Cc1ccc(C(F)(F)F)cc1)c1ncnc2c1c(F)cn2CC1CCN(CC(N)=O)CC1. The number of primary amides is 1. The highest BCUT2D eigenvalue weighted by molar-refractivity contribution is 5.88. The molecule has 0 atom stereocenters. The van der Waals surface area contributed by atoms with E-state index in [0.717, 1.165) is 38.1 Å². The smallest absolute Gasteiger partial charge is 0.369 e. The van der Waals surface area contributed by atoms with Crippen molar-refractivity contribution in [3.63, 3.8) is 0 Å². The summed E-state index contributed by atoms with van der Waals surface area (Å²) in [7, 11) is 0. The Morgan fingerprint density at radius 3 is 2.42 bits per heavy atom. The van der Waals surface area contributed by atoms with Crippen molar-refractivity contribution in [3.05, 3.63) is 53.7 Å². The fraction of sp³-hybridized carbons (Fsp3) is 0.480. The number of amides is 1. The molecule has 4 rings (SSSR count). The lowest BCUT2D eigenvalue weighted by Gasteiger charge is -2.31. The summed E-state index contributed by atoms with van der Waals surface area (Å²) in [4.78, 5) is 23.8. The van der Waals surface area contributed by atoms with Crippen LogP contribution in [0.3, 0.4) is 0 Å². The number of hydrogen-bond acceptors (Lipinski definition) is 5. The van der Waals surface area contributed by atoms with Gasteiger partial charge in [0.15, 0.2) is 5.82 Å². The van der Waals surface area contributed by atoms with Crippen LogP contribution in [-0.4, -0.2) is 51.0 Å². The van der Waals surface area contributed by atoms with Crippen LogP contribution >= 0.6 is 0 Å². The molecule has 1 amide bonds. The summed E-state index contributed by atoms with van der Waals surface area (Å²) in [5, 5.41) is 0.296. The van der Waals surface area contributed by atoms with Crippen molar-refractivity contribution in [3.8, 4) is 0 Å². The summed E-state index contributed by atoms with van der Waals surface area (Å²) in [6, 6.07) is 4.87. The second kappa shape index (κ2) is 10.4. The number of nitrogens with two attached hydrogens (primary N) is 1. The third-order valence-corrected chi connectivity index (χ3v) is 6.66. The van der Waals surface area contributed by atoms with Gasteiger partial charge in [0.2, 0.25) is 5.91 Å². The Kier molecular flexibility index (Phi) is 7.49. The molecule has 11 heteroatoms. The summed E-state index contributed by atoms with van der Waals surface area (Å²) in [6.07, 6.45) is 0.150. The molecule has 7 nitrogen and oxygen atoms in total. The molecule has 2 aromatic heterocycles. The molecule has 1 saturated heterocycles. The van der Waals surface area contributed by atoms with Gasteiger partial charge in [-0.05, 0) is 63.4 Å². The summed E-state index contributed by atoms with van der Waals surface area (Å²) in [5.41, 5.74) is 5.72. The van der Waals surface area contributed by atoms with Gasteiger partial charge >= 0.3 is 6.18 Å². The van der Waals surface area contributed by atoms with Crippen LogP contribution in [0.4, 0.5) is 23.4 Å². The van der Waals surface area contributed by atoms with Crippen LogP contribution < -0.4 is 10.6 Å². The zero-order chi connectivity index (χ0) is 26.0. The molecule has 2 N–H and O–H groups in total. The molecular weight excluding hydrogens is 476 g/mol. The van der Waals surface area contributed by atoms with Gasteiger partial charge in [0.1, 0.15) is 17.8 Å². The number of anilines is 1. The average molecular weight is 507 g/mol. The third kappa shape index (κ3) is 5.77. The highest BCUT2D eigenvalue weighted by Gasteiger charge is 2.30. The minimum atomic E-state index is -4.40. The first kappa shape index (κ1) is 25.9. The molecule has 0 spiro atoms. The van der Waals surface area contributed by atoms with Crippen molar-refractivity contribution >= 4 is 22.8 Å². The zero-order valence-electron chi connectivity index (χ0n) is 20.3. The number of nitrogens with zero attached hydrogens (tertiary/aromatic N) is 5. The number of rotatable bonds is 8. The van der Waals surface area contributed by atoms with Gasteiger partial charge in [0.05, 0.1) is 17.5 Å². The predicted molar refractivity (Wildman–Crippen MR) is 129 cm³/mol. The largest absolute Gasteiger partial charge is 0.416 e. The number of piperidine rings is 1. The van der Waals surface area contributed by atoms with E-state index in [-0.39, 0.29) is 25.0 Å². The van der Waals surface area contributed by atoms with Crippen LogP contribution in [0.15, 0.2) is 36.8 Å². The molecule has 1 aliphatic heterocycles. The van der Waals surface area contributed by atoms with E-state index in [4.69, 9.17) is 5.73 Å². The summed E-state index contributed by atoms with van der Waals surface area (Å²) in [5.74, 6) is -0.0784. The fourth-order valence-corrected chi connectivity index (χ4v) is 4.74. The molecule has 36 heavy (non-hydrogen) atoms. The van der Waals surface area contributed by atoms with Crippen LogP contribution in [0.1, 0.15) is 37.8 Å². The lowest BCUT2D eigenvalue weighted by molar-refractivity contribution is -0.137. The summed E-state index contributed by atoms with van der Waals surface area (Å²) >= 11 is 0. The number of carbonyl (C=O) groups excluding carboxylic acids is 1. The van der Waals surface area contributed by atoms with Crippen molar-refractivity contribution < 1.29 is 22.4 Å². The van der Waals surface area contributed by atoms with E-state index < -0.39 is 17.6 Å². The first-order valence-corrected chi connectivity index (χ1v) is 12.0. The molecule has 194 valence electrons. The first-order valence-electron chi connectivity index (χ1n) is 12.0. The standard InChI is InChI=1S/C25H30F4N6O/c1-16(2)35(12-17-3-5-19(6-4-17)25(27,28)29)24-22-20(26)13-34(23(22)31-15-32-24)11-18-7-9-33(10-8-18)14-21(30)36/h3-6,13,15-16,18H,7-12,14H2,1-2H3,(H2,30,36). The van der Waals surface area contributed by atoms with Crippen molar-refractivity contribution in [2.75, 3.05) is 24.5 Å². The number of benzene rings is 1. The minimum Gasteiger partial charge on any atom is -0.369 e. The van der Waals surface area contributed by atoms with Crippen molar-refractivity contribution in [2.45, 2.75) is 52.0 Å². The van der Waals surface area contributed by atoms with Crippen LogP contribution in [-0.2, 0) is 24.1 Å². The molecule has 0 aliphatic carbocycles. The molecule has 0 unspecified atom stereocenters. The van der Waals surface area contributed by atoms with E-state index in [1.54, 1.807) is 4.57 Å². The maximum absolute atomic E-state index is 15.3. The Hall–Kier alpha value is -3.21. The predicted octanol–water partition coefficient (Wildman–Crippen LogP) is 4.20. The van der Waals surface area contributed by atoms with E-state index in [1.807, 2.05) is 23.6 Å². The monoisotopic (exact) mass is 506 g/mol. The Morgan fingerprint density at radius 2 is 1.83 bits per heavy atom. The van der Waals surface area contributed by atoms with Crippen molar-refractivity contribution in [2.24, 2.45) is 11.7 Å². The third-order valence-electron chi connectivity index (χ3n) is 6.66. The maximum atomic E-state index is 15.3. The fourth-order valence-electron chi connectivity index (χ4n) is 4.74. The highest BCUT2D eigenvalue weighted by Crippen LogP contribution is 2.32. The van der Waals surface area contributed by atoms with Gasteiger partial charge in [0.25, 0.3) is 0 Å². The number of hydrogen-bond donors (Lipinski definition) is 1. The molecule has 0 saturated carbocycles. The van der Waals surface area contributed by atoms with E-state index in [1.165, 1.54) is 24.7 Å². The molecule has 0 radical (unpaired) electrons. The number of alkyl halides is 3. The molecule has 0 bridgehead atoms. The molecule has 3 heterocycles. The van der Waals surface area contributed by atoms with Gasteiger partial charge in [-0.25, -0.2) is 14.4 Å². The van der Waals surface area contributed by atoms with Crippen molar-refractivity contribution in [1.29, 1.82) is 0 Å². The molecule has 1 aliphatic rings. The lowest BCUT2D eigenvalue weighted by Crippen LogP contribution is -2.40. The highest BCUT2D eigenvalue weighted by atomic mass is 19.4. The lowest BCUT2D eigenvalue weighted by atomic mass is 9.96. The minimum absolute atomic E-state index is 0.0947. The summed E-state index contributed by atoms with van der Waals surface area (Å²) < 4.78 is 55.9. The van der Waals surface area contributed by atoms with Gasteiger partial charge in [-0.1, -0.05) is 12.1 Å². The molecule has 1 fully saturated rings. The van der Waals surface area contributed by atoms with Crippen molar-refractivity contribution in [1.82, 2.24) is 19.4 Å². The van der Waals surface area contributed by atoms with E-state index >= 15 is 4.39 Å². The van der Waals surface area contributed by atoms with E-state index in [2.05, 4.69) is 9.97 Å². The Labute approximate surface area is 206 Å². The topological polar surface area (TPSA) is 80.3 Å². The second-order valence-corrected chi connectivity index (χ2v) is 9.63. The van der Waals surface area contributed by atoms with Gasteiger partial charge in [0, 0.05) is 25.3 Å². The van der Waals surface area contributed by atoms with E-state index in [9.17, 15) is 18.0 Å². The molecule has 3 aromatic rings. The van der Waals surface area contributed by atoms with Gasteiger partial charge < -0.3 is 15.2 Å². The maximum Gasteiger partial charge on any atom is 0.416 e. The van der Waals surface area contributed by atoms with Crippen LogP contribution in [0.5, 0.6) is 0 Å². The Bertz CT molecular complexity index is 1200. The van der Waals surface area contributed by atoms with Crippen LogP contribution in [0.25, 0.3) is 11.0 Å². The number of likely N-dealkylation sites (tertiary alicyclic amines) is 1. The Balaban J connectivity index is 1.56. The second-order valence-electron chi connectivity index (χ2n) is 9.63. The van der Waals surface area contributed by atoms with Gasteiger partial charge in [-0.15, -0.1) is 0 Å². The number of halogens is 4. The molecule has 1 aromatic carbocycles. The van der Waals surface area contributed by atoms with Gasteiger partial charge in [-0.2, -0.15) is 13.2 Å². The number of fused-ring (bicyclic) bond motifs is 1. The quantitative estimate of drug-likeness (QED) is 0.463. The van der Waals surface area contributed by atoms with E-state index in [0.29, 0.717) is 34.9 Å². The Morgan fingerprint density at radius 1 is 1.17 bits per heavy atom. The van der Waals surface area contributed by atoms with Crippen LogP contribution in [0.2, 0.25) is 0 Å². The number of carbonyl (C=O) groups is 1. The summed E-state index contributed by atoms with van der Waals surface area (Å²) in [6.45, 7) is 6.45. The van der Waals surface area contributed by atoms with Crippen LogP contribution in [0, 0.1) is 11.7 Å². The normalized spacial score (nSPS) is 15.6. The molecular formula is C25H30F4N6O. The number of aromatic nitrogens is 3.